The Morgan fingerprint density at radius 1 is 1.24 bits per heavy atom. The van der Waals surface area contributed by atoms with E-state index in [1.165, 1.54) is 6.08 Å². The number of amides is 2. The number of rotatable bonds is 13. The number of fused-ring (bicyclic) bond motifs is 2. The molecule has 1 N–H and O–H groups in total. The number of nitrogens with zero attached hydrogens (tertiary/aromatic N) is 5. The molecule has 0 radical (unpaired) electrons. The summed E-state index contributed by atoms with van der Waals surface area (Å²) in [4.78, 5) is 45.4. The highest BCUT2D eigenvalue weighted by Crippen LogP contribution is 2.65. The van der Waals surface area contributed by atoms with Gasteiger partial charge < -0.3 is 24.4 Å². The summed E-state index contributed by atoms with van der Waals surface area (Å²) in [5.41, 5.74) is -0.649. The summed E-state index contributed by atoms with van der Waals surface area (Å²) < 4.78 is 13.9. The molecule has 1 aromatic heterocycles. The lowest BCUT2D eigenvalue weighted by Crippen LogP contribution is -2.56. The van der Waals surface area contributed by atoms with Crippen molar-refractivity contribution in [3.63, 3.8) is 0 Å². The van der Waals surface area contributed by atoms with Crippen LogP contribution in [0.2, 0.25) is 0 Å². The molecule has 2 aromatic rings. The van der Waals surface area contributed by atoms with Gasteiger partial charge in [0.05, 0.1) is 17.0 Å². The van der Waals surface area contributed by atoms with Gasteiger partial charge in [-0.3, -0.25) is 14.4 Å². The van der Waals surface area contributed by atoms with E-state index in [9.17, 15) is 19.5 Å². The van der Waals surface area contributed by atoms with Gasteiger partial charge in [0.25, 0.3) is 0 Å². The number of aliphatic hydroxyl groups excluding tert-OH is 1. The Morgan fingerprint density at radius 3 is 2.76 bits per heavy atom. The van der Waals surface area contributed by atoms with E-state index < -0.39 is 35.0 Å². The second-order valence-corrected chi connectivity index (χ2v) is 11.5. The monoisotopic (exact) mass is 565 g/mol. The van der Waals surface area contributed by atoms with Gasteiger partial charge in [-0.15, -0.1) is 11.7 Å². The van der Waals surface area contributed by atoms with Crippen molar-refractivity contribution in [3.05, 3.63) is 49.6 Å². The number of benzene rings is 1. The van der Waals surface area contributed by atoms with Crippen molar-refractivity contribution in [3.8, 4) is 0 Å². The molecule has 1 aromatic carbocycles. The van der Waals surface area contributed by atoms with Gasteiger partial charge in [0.1, 0.15) is 36.4 Å². The Kier molecular flexibility index (Phi) is 8.02. The van der Waals surface area contributed by atoms with Gasteiger partial charge in [0.2, 0.25) is 11.8 Å². The molecule has 4 heterocycles. The molecule has 3 aliphatic rings. The molecule has 3 unspecified atom stereocenters. The van der Waals surface area contributed by atoms with Crippen LogP contribution in [0, 0.1) is 17.8 Å². The van der Waals surface area contributed by atoms with Crippen molar-refractivity contribution < 1.29 is 29.0 Å². The molecular weight excluding hydrogens is 526 g/mol. The summed E-state index contributed by atoms with van der Waals surface area (Å²) in [5.74, 6) is -2.85. The van der Waals surface area contributed by atoms with E-state index in [0.29, 0.717) is 37.7 Å². The maximum atomic E-state index is 14.6. The minimum absolute atomic E-state index is 0.0277. The minimum Gasteiger partial charge on any atom is -0.461 e. The van der Waals surface area contributed by atoms with E-state index in [0.717, 1.165) is 5.52 Å². The molecule has 1 spiro atoms. The Balaban J connectivity index is 1.53. The molecule has 0 saturated carbocycles. The number of hydrogen-bond donors (Lipinski definition) is 1. The van der Waals surface area contributed by atoms with E-state index in [2.05, 4.69) is 23.5 Å². The van der Waals surface area contributed by atoms with Crippen LogP contribution in [-0.4, -0.2) is 91.2 Å². The van der Waals surface area contributed by atoms with Crippen molar-refractivity contribution >= 4 is 28.8 Å². The normalized spacial score (nSPS) is 30.0. The van der Waals surface area contributed by atoms with Crippen molar-refractivity contribution in [2.45, 2.75) is 63.4 Å². The lowest BCUT2D eigenvalue weighted by Gasteiger charge is -2.37. The van der Waals surface area contributed by atoms with Gasteiger partial charge in [-0.05, 0) is 50.7 Å². The molecule has 3 saturated heterocycles. The number of esters is 1. The summed E-state index contributed by atoms with van der Waals surface area (Å²) in [5, 5.41) is 17.8. The number of carbonyl (C=O) groups excluding carboxylic acids is 3. The van der Waals surface area contributed by atoms with Gasteiger partial charge in [0.15, 0.2) is 0 Å². The minimum atomic E-state index is -1.18. The third-order valence-electron chi connectivity index (χ3n) is 9.09. The smallest absolute Gasteiger partial charge is 0.313 e. The lowest BCUT2D eigenvalue weighted by molar-refractivity contribution is -0.161. The van der Waals surface area contributed by atoms with E-state index in [-0.39, 0.29) is 44.2 Å². The van der Waals surface area contributed by atoms with Crippen LogP contribution in [-0.2, 0) is 30.5 Å². The second kappa shape index (κ2) is 11.4. The molecule has 220 valence electrons. The Labute approximate surface area is 239 Å². The number of carbonyl (C=O) groups is 3. The summed E-state index contributed by atoms with van der Waals surface area (Å²) in [7, 11) is 0. The van der Waals surface area contributed by atoms with Crippen LogP contribution < -0.4 is 0 Å². The van der Waals surface area contributed by atoms with E-state index >= 15 is 0 Å². The zero-order valence-corrected chi connectivity index (χ0v) is 23.8. The molecule has 6 atom stereocenters. The van der Waals surface area contributed by atoms with Crippen LogP contribution in [0.15, 0.2) is 49.6 Å². The molecule has 11 heteroatoms. The first-order valence-corrected chi connectivity index (χ1v) is 14.3. The lowest BCUT2D eigenvalue weighted by atomic mass is 9.62. The SMILES string of the molecule is C=CCOC(=O)[C@H]1[C@H]2C(=O)N(CCCCCO)C(C(=O)N(CC=C)Cn3nnc4ccccc43)C23CC(C)[C@]1(C)O3. The number of ether oxygens (including phenoxy) is 2. The maximum absolute atomic E-state index is 14.6. The molecule has 0 aliphatic carbocycles. The summed E-state index contributed by atoms with van der Waals surface area (Å²) in [6, 6.07) is 6.55. The standard InChI is InChI=1S/C30H39N5O6/c1-5-14-33(19-35-22-13-9-8-12-21(22)31-32-35)27(38)25-30-18-20(3)29(4,41-30)24(28(39)40-17-6-2)23(30)26(37)34(25)15-10-7-11-16-36/h5-6,8-9,12-13,20,23-25,36H,1-2,7,10-11,14-19H2,3-4H3/t20?,23-,24+,25?,29-,30?/m0/s1. The molecule has 11 nitrogen and oxygen atoms in total. The Bertz CT molecular complexity index is 1340. The van der Waals surface area contributed by atoms with E-state index in [1.54, 1.807) is 20.6 Å². The summed E-state index contributed by atoms with van der Waals surface area (Å²) in [6.45, 7) is 12.1. The van der Waals surface area contributed by atoms with Crippen molar-refractivity contribution in [1.29, 1.82) is 0 Å². The van der Waals surface area contributed by atoms with Gasteiger partial charge in [-0.2, -0.15) is 0 Å². The van der Waals surface area contributed by atoms with Crippen molar-refractivity contribution in [2.75, 3.05) is 26.3 Å². The third-order valence-corrected chi connectivity index (χ3v) is 9.09. The van der Waals surface area contributed by atoms with Gasteiger partial charge >= 0.3 is 5.97 Å². The average Bonchev–Trinajstić information content (AvgIpc) is 3.63. The highest BCUT2D eigenvalue weighted by atomic mass is 16.6. The largest absolute Gasteiger partial charge is 0.461 e. The molecule has 3 fully saturated rings. The van der Waals surface area contributed by atoms with Gasteiger partial charge in [0, 0.05) is 19.7 Å². The highest BCUT2D eigenvalue weighted by molar-refractivity contribution is 5.98. The summed E-state index contributed by atoms with van der Waals surface area (Å²) in [6.07, 6.45) is 5.49. The van der Waals surface area contributed by atoms with Crippen LogP contribution in [0.3, 0.4) is 0 Å². The fourth-order valence-electron chi connectivity index (χ4n) is 7.15. The number of aliphatic hydroxyl groups is 1. The predicted octanol–water partition coefficient (Wildman–Crippen LogP) is 2.31. The van der Waals surface area contributed by atoms with Gasteiger partial charge in [-0.25, -0.2) is 4.68 Å². The first kappa shape index (κ1) is 28.9. The highest BCUT2D eigenvalue weighted by Gasteiger charge is 2.80. The zero-order valence-electron chi connectivity index (χ0n) is 23.8. The van der Waals surface area contributed by atoms with Crippen LogP contribution in [0.5, 0.6) is 0 Å². The molecule has 3 aliphatic heterocycles. The average molecular weight is 566 g/mol. The second-order valence-electron chi connectivity index (χ2n) is 11.5. The number of unbranched alkanes of at least 4 members (excludes halogenated alkanes) is 2. The zero-order chi connectivity index (χ0) is 29.4. The van der Waals surface area contributed by atoms with E-state index in [1.807, 2.05) is 38.1 Å². The molecule has 2 amide bonds. The molecule has 41 heavy (non-hydrogen) atoms. The summed E-state index contributed by atoms with van der Waals surface area (Å²) >= 11 is 0. The molecular formula is C30H39N5O6. The molecule has 5 rings (SSSR count). The number of hydrogen-bond acceptors (Lipinski definition) is 8. The number of likely N-dealkylation sites (tertiary alicyclic amines) is 1. The first-order chi connectivity index (χ1) is 19.7. The van der Waals surface area contributed by atoms with Crippen molar-refractivity contribution in [2.24, 2.45) is 17.8 Å². The van der Waals surface area contributed by atoms with E-state index in [4.69, 9.17) is 9.47 Å². The topological polar surface area (TPSA) is 127 Å². The first-order valence-electron chi connectivity index (χ1n) is 14.3. The Morgan fingerprint density at radius 2 is 2.02 bits per heavy atom. The van der Waals surface area contributed by atoms with Crippen molar-refractivity contribution in [1.82, 2.24) is 24.8 Å². The third kappa shape index (κ3) is 4.64. The van der Waals surface area contributed by atoms with Crippen LogP contribution >= 0.6 is 0 Å². The Hall–Kier alpha value is -3.57. The quantitative estimate of drug-likeness (QED) is 0.223. The fourth-order valence-corrected chi connectivity index (χ4v) is 7.15. The maximum Gasteiger partial charge on any atom is 0.313 e. The van der Waals surface area contributed by atoms with Crippen LogP contribution in [0.25, 0.3) is 11.0 Å². The van der Waals surface area contributed by atoms with Gasteiger partial charge in [-0.1, -0.05) is 43.0 Å². The number of para-hydroxylation sites is 1. The number of aromatic nitrogens is 3. The van der Waals surface area contributed by atoms with Crippen LogP contribution in [0.1, 0.15) is 39.5 Å². The predicted molar refractivity (Wildman–Crippen MR) is 150 cm³/mol. The molecule has 2 bridgehead atoms. The van der Waals surface area contributed by atoms with Crippen LogP contribution in [0.4, 0.5) is 0 Å². The fraction of sp³-hybridized carbons (Fsp3) is 0.567.